The lowest BCUT2D eigenvalue weighted by molar-refractivity contribution is -0.127. The molecule has 0 saturated carbocycles. The van der Waals surface area contributed by atoms with E-state index in [1.807, 2.05) is 74.5 Å². The highest BCUT2D eigenvalue weighted by Crippen LogP contribution is 2.31. The number of aromatic nitrogens is 1. The van der Waals surface area contributed by atoms with Gasteiger partial charge in [0.15, 0.2) is 10.9 Å². The van der Waals surface area contributed by atoms with Gasteiger partial charge in [-0.1, -0.05) is 85.8 Å². The van der Waals surface area contributed by atoms with Crippen LogP contribution in [0.25, 0.3) is 11.3 Å². The van der Waals surface area contributed by atoms with Crippen LogP contribution >= 0.6 is 11.3 Å². The number of Topliss-reactive ketones (excluding diaryl/α,β-unsaturated/α-hetero) is 1. The predicted octanol–water partition coefficient (Wildman–Crippen LogP) is 4.33. The Morgan fingerprint density at radius 1 is 0.968 bits per heavy atom. The fourth-order valence-corrected chi connectivity index (χ4v) is 4.01. The number of nitrogens with zero attached hydrogens (tertiary/aromatic N) is 1. The van der Waals surface area contributed by atoms with Crippen molar-refractivity contribution in [3.05, 3.63) is 71.1 Å². The van der Waals surface area contributed by atoms with E-state index in [4.69, 9.17) is 0 Å². The first-order chi connectivity index (χ1) is 14.8. The summed E-state index contributed by atoms with van der Waals surface area (Å²) in [7, 11) is 0. The summed E-state index contributed by atoms with van der Waals surface area (Å²) in [6, 6.07) is 18.0. The highest BCUT2D eigenvalue weighted by atomic mass is 32.1. The Labute approximate surface area is 185 Å². The molecule has 6 nitrogen and oxygen atoms in total. The van der Waals surface area contributed by atoms with E-state index < -0.39 is 6.04 Å². The summed E-state index contributed by atoms with van der Waals surface area (Å²) in [5.41, 5.74) is 2.23. The van der Waals surface area contributed by atoms with Crippen LogP contribution in [0.4, 0.5) is 5.13 Å². The van der Waals surface area contributed by atoms with Crippen LogP contribution < -0.4 is 10.6 Å². The number of ketones is 1. The van der Waals surface area contributed by atoms with E-state index in [9.17, 15) is 14.4 Å². The predicted molar refractivity (Wildman–Crippen MR) is 123 cm³/mol. The highest BCUT2D eigenvalue weighted by Gasteiger charge is 2.26. The number of anilines is 1. The zero-order chi connectivity index (χ0) is 22.4. The molecule has 2 aromatic carbocycles. The minimum absolute atomic E-state index is 0.117. The Morgan fingerprint density at radius 2 is 1.58 bits per heavy atom. The molecule has 0 saturated heterocycles. The van der Waals surface area contributed by atoms with Crippen LogP contribution in [0.5, 0.6) is 0 Å². The number of amides is 2. The van der Waals surface area contributed by atoms with Crippen LogP contribution in [0.3, 0.4) is 0 Å². The number of benzene rings is 2. The number of hydrogen-bond acceptors (Lipinski definition) is 5. The Bertz CT molecular complexity index is 1060. The summed E-state index contributed by atoms with van der Waals surface area (Å²) < 4.78 is 0. The lowest BCUT2D eigenvalue weighted by atomic mass is 10.0. The van der Waals surface area contributed by atoms with Crippen LogP contribution in [0, 0.1) is 5.92 Å². The zero-order valence-corrected chi connectivity index (χ0v) is 18.5. The molecule has 31 heavy (non-hydrogen) atoms. The second-order valence-electron chi connectivity index (χ2n) is 7.56. The lowest BCUT2D eigenvalue weighted by Crippen LogP contribution is -2.47. The average Bonchev–Trinajstić information content (AvgIpc) is 3.17. The van der Waals surface area contributed by atoms with Gasteiger partial charge in [-0.3, -0.25) is 14.4 Å². The fraction of sp³-hybridized carbons (Fsp3) is 0.250. The third-order valence-electron chi connectivity index (χ3n) is 4.70. The molecular formula is C24H25N3O3S. The van der Waals surface area contributed by atoms with E-state index in [2.05, 4.69) is 15.6 Å². The second-order valence-corrected chi connectivity index (χ2v) is 8.56. The van der Waals surface area contributed by atoms with Gasteiger partial charge < -0.3 is 10.6 Å². The van der Waals surface area contributed by atoms with Gasteiger partial charge in [-0.05, 0) is 11.5 Å². The van der Waals surface area contributed by atoms with E-state index >= 15 is 0 Å². The van der Waals surface area contributed by atoms with Gasteiger partial charge in [0.25, 0.3) is 0 Å². The van der Waals surface area contributed by atoms with Crippen molar-refractivity contribution in [2.24, 2.45) is 5.92 Å². The van der Waals surface area contributed by atoms with Crippen LogP contribution in [-0.2, 0) is 16.0 Å². The molecule has 3 aromatic rings. The Kier molecular flexibility index (Phi) is 7.31. The molecule has 2 amide bonds. The van der Waals surface area contributed by atoms with Gasteiger partial charge in [0.05, 0.1) is 17.0 Å². The van der Waals surface area contributed by atoms with E-state index in [1.54, 1.807) is 0 Å². The standard InChI is InChI=1S/C24H25N3O3S/c1-15(2)20(25-19(29)14-17-10-6-4-7-11-17)23(30)27-24-26-21(22(31-24)16(3)28)18-12-8-5-9-13-18/h4-13,15,20H,14H2,1-3H3,(H,25,29)(H,26,27,30). The molecule has 0 radical (unpaired) electrons. The number of hydrogen-bond donors (Lipinski definition) is 2. The number of nitrogens with one attached hydrogen (secondary N) is 2. The molecule has 1 heterocycles. The molecule has 0 spiro atoms. The van der Waals surface area contributed by atoms with Crippen molar-refractivity contribution in [2.75, 3.05) is 5.32 Å². The van der Waals surface area contributed by atoms with Gasteiger partial charge in [-0.2, -0.15) is 0 Å². The van der Waals surface area contributed by atoms with E-state index in [1.165, 1.54) is 6.92 Å². The summed E-state index contributed by atoms with van der Waals surface area (Å²) in [5.74, 6) is -0.831. The monoisotopic (exact) mass is 435 g/mol. The molecule has 0 aliphatic rings. The molecule has 7 heteroatoms. The largest absolute Gasteiger partial charge is 0.344 e. The maximum Gasteiger partial charge on any atom is 0.248 e. The Morgan fingerprint density at radius 3 is 2.16 bits per heavy atom. The summed E-state index contributed by atoms with van der Waals surface area (Å²) in [6.45, 7) is 5.21. The molecule has 1 aromatic heterocycles. The molecule has 0 bridgehead atoms. The minimum atomic E-state index is -0.721. The molecule has 0 aliphatic heterocycles. The first-order valence-corrected chi connectivity index (χ1v) is 10.9. The Hall–Kier alpha value is -3.32. The maximum absolute atomic E-state index is 12.9. The van der Waals surface area contributed by atoms with Crippen LogP contribution in [0.2, 0.25) is 0 Å². The van der Waals surface area contributed by atoms with Crippen LogP contribution in [-0.4, -0.2) is 28.6 Å². The van der Waals surface area contributed by atoms with E-state index in [-0.39, 0.29) is 29.9 Å². The quantitative estimate of drug-likeness (QED) is 0.516. The normalized spacial score (nSPS) is 11.7. The van der Waals surface area contributed by atoms with Crippen molar-refractivity contribution in [2.45, 2.75) is 33.2 Å². The number of rotatable bonds is 8. The maximum atomic E-state index is 12.9. The van der Waals surface area contributed by atoms with Gasteiger partial charge in [-0.25, -0.2) is 4.98 Å². The van der Waals surface area contributed by atoms with Crippen molar-refractivity contribution < 1.29 is 14.4 Å². The third-order valence-corrected chi connectivity index (χ3v) is 5.77. The smallest absolute Gasteiger partial charge is 0.248 e. The first-order valence-electron chi connectivity index (χ1n) is 10.1. The number of thiazole rings is 1. The van der Waals surface area contributed by atoms with Gasteiger partial charge in [0, 0.05) is 12.5 Å². The summed E-state index contributed by atoms with van der Waals surface area (Å²) >= 11 is 1.14. The molecule has 2 N–H and O–H groups in total. The molecule has 160 valence electrons. The molecular weight excluding hydrogens is 410 g/mol. The van der Waals surface area contributed by atoms with Crippen molar-refractivity contribution in [3.63, 3.8) is 0 Å². The van der Waals surface area contributed by atoms with Gasteiger partial charge >= 0.3 is 0 Å². The highest BCUT2D eigenvalue weighted by molar-refractivity contribution is 7.18. The van der Waals surface area contributed by atoms with Crippen molar-refractivity contribution >= 4 is 34.1 Å². The fourth-order valence-electron chi connectivity index (χ4n) is 3.13. The van der Waals surface area contributed by atoms with Crippen molar-refractivity contribution in [1.29, 1.82) is 0 Å². The van der Waals surface area contributed by atoms with Crippen molar-refractivity contribution in [1.82, 2.24) is 10.3 Å². The SMILES string of the molecule is CC(=O)c1sc(NC(=O)C(NC(=O)Cc2ccccc2)C(C)C)nc1-c1ccccc1. The van der Waals surface area contributed by atoms with E-state index in [0.29, 0.717) is 15.7 Å². The second kappa shape index (κ2) is 10.1. The molecule has 0 aliphatic carbocycles. The Balaban J connectivity index is 1.75. The third kappa shape index (κ3) is 5.86. The summed E-state index contributed by atoms with van der Waals surface area (Å²) in [4.78, 5) is 42.5. The summed E-state index contributed by atoms with van der Waals surface area (Å²) in [6.07, 6.45) is 0.196. The molecule has 3 rings (SSSR count). The number of carbonyl (C=O) groups is 3. The topological polar surface area (TPSA) is 88.2 Å². The van der Waals surface area contributed by atoms with Gasteiger partial charge in [0.2, 0.25) is 11.8 Å². The molecule has 1 unspecified atom stereocenters. The van der Waals surface area contributed by atoms with Crippen LogP contribution in [0.1, 0.15) is 36.0 Å². The van der Waals surface area contributed by atoms with Gasteiger partial charge in [-0.15, -0.1) is 0 Å². The summed E-state index contributed by atoms with van der Waals surface area (Å²) in [5, 5.41) is 5.93. The first kappa shape index (κ1) is 22.4. The van der Waals surface area contributed by atoms with E-state index in [0.717, 1.165) is 22.5 Å². The van der Waals surface area contributed by atoms with Gasteiger partial charge in [0.1, 0.15) is 6.04 Å². The minimum Gasteiger partial charge on any atom is -0.344 e. The number of carbonyl (C=O) groups excluding carboxylic acids is 3. The average molecular weight is 436 g/mol. The zero-order valence-electron chi connectivity index (χ0n) is 17.7. The van der Waals surface area contributed by atoms with Crippen LogP contribution in [0.15, 0.2) is 60.7 Å². The molecule has 1 atom stereocenters. The lowest BCUT2D eigenvalue weighted by Gasteiger charge is -2.21. The molecule has 0 fully saturated rings. The van der Waals surface area contributed by atoms with Crippen molar-refractivity contribution in [3.8, 4) is 11.3 Å².